The van der Waals surface area contributed by atoms with Crippen LogP contribution in [-0.4, -0.2) is 53.4 Å². The van der Waals surface area contributed by atoms with Crippen LogP contribution in [0.15, 0.2) is 15.6 Å². The zero-order valence-electron chi connectivity index (χ0n) is 13.2. The van der Waals surface area contributed by atoms with Crippen molar-refractivity contribution >= 4 is 15.9 Å². The second-order valence-corrected chi connectivity index (χ2v) is 8.62. The number of sulfonamides is 1. The lowest BCUT2D eigenvalue weighted by Gasteiger charge is -2.43. The van der Waals surface area contributed by atoms with E-state index in [-0.39, 0.29) is 16.6 Å². The van der Waals surface area contributed by atoms with E-state index in [9.17, 15) is 13.2 Å². The van der Waals surface area contributed by atoms with Crippen molar-refractivity contribution in [1.82, 2.24) is 14.4 Å². The van der Waals surface area contributed by atoms with Gasteiger partial charge in [0.25, 0.3) is 0 Å². The first kappa shape index (κ1) is 15.1. The van der Waals surface area contributed by atoms with Crippen LogP contribution < -0.4 is 0 Å². The summed E-state index contributed by atoms with van der Waals surface area (Å²) < 4.78 is 32.5. The van der Waals surface area contributed by atoms with Gasteiger partial charge < -0.3 is 9.42 Å². The first-order valence-corrected chi connectivity index (χ1v) is 9.66. The predicted molar refractivity (Wildman–Crippen MR) is 81.1 cm³/mol. The van der Waals surface area contributed by atoms with Crippen molar-refractivity contribution < 1.29 is 17.7 Å². The molecule has 0 aromatic carbocycles. The molecule has 2 aliphatic heterocycles. The van der Waals surface area contributed by atoms with Crippen LogP contribution >= 0.6 is 0 Å². The van der Waals surface area contributed by atoms with E-state index in [0.717, 1.165) is 25.8 Å². The largest absolute Gasteiger partial charge is 0.360 e. The van der Waals surface area contributed by atoms with E-state index < -0.39 is 15.6 Å². The molecule has 1 saturated carbocycles. The fourth-order valence-corrected chi connectivity index (χ4v) is 5.98. The van der Waals surface area contributed by atoms with Gasteiger partial charge in [0.2, 0.25) is 15.9 Å². The maximum absolute atomic E-state index is 13.1. The van der Waals surface area contributed by atoms with E-state index in [2.05, 4.69) is 5.16 Å². The fraction of sp³-hybridized carbons (Fsp3) is 0.733. The Morgan fingerprint density at radius 1 is 1.26 bits per heavy atom. The molecule has 3 fully saturated rings. The molecule has 3 heterocycles. The van der Waals surface area contributed by atoms with Gasteiger partial charge in [-0.2, -0.15) is 4.31 Å². The number of hydrogen-bond donors (Lipinski definition) is 0. The highest BCUT2D eigenvalue weighted by Crippen LogP contribution is 2.44. The van der Waals surface area contributed by atoms with Gasteiger partial charge in [-0.25, -0.2) is 8.42 Å². The number of piperidine rings is 1. The van der Waals surface area contributed by atoms with E-state index in [1.54, 1.807) is 6.92 Å². The molecule has 1 unspecified atom stereocenters. The average molecular weight is 339 g/mol. The third-order valence-electron chi connectivity index (χ3n) is 5.34. The molecular weight excluding hydrogens is 318 g/mol. The molecule has 2 saturated heterocycles. The summed E-state index contributed by atoms with van der Waals surface area (Å²) in [5.74, 6) is 0.274. The Morgan fingerprint density at radius 3 is 2.57 bits per heavy atom. The van der Waals surface area contributed by atoms with Gasteiger partial charge in [0, 0.05) is 19.1 Å². The Morgan fingerprint density at radius 2 is 1.96 bits per heavy atom. The Balaban J connectivity index is 1.73. The molecule has 1 aromatic heterocycles. The van der Waals surface area contributed by atoms with E-state index in [4.69, 9.17) is 4.52 Å². The lowest BCUT2D eigenvalue weighted by Crippen LogP contribution is -2.61. The van der Waals surface area contributed by atoms with Gasteiger partial charge in [0.05, 0.1) is 6.20 Å². The fourth-order valence-electron chi connectivity index (χ4n) is 4.08. The van der Waals surface area contributed by atoms with Gasteiger partial charge in [0.15, 0.2) is 5.76 Å². The van der Waals surface area contributed by atoms with E-state index in [0.29, 0.717) is 31.8 Å². The van der Waals surface area contributed by atoms with Crippen LogP contribution in [0.2, 0.25) is 0 Å². The summed E-state index contributed by atoms with van der Waals surface area (Å²) >= 11 is 0. The van der Waals surface area contributed by atoms with Crippen molar-refractivity contribution in [2.45, 2.75) is 61.9 Å². The van der Waals surface area contributed by atoms with Gasteiger partial charge in [-0.1, -0.05) is 5.16 Å². The zero-order valence-corrected chi connectivity index (χ0v) is 14.0. The first-order valence-electron chi connectivity index (χ1n) is 8.22. The number of aryl methyl sites for hydroxylation is 1. The number of carbonyl (C=O) groups is 1. The van der Waals surface area contributed by atoms with E-state index >= 15 is 0 Å². The molecule has 8 heteroatoms. The number of hydrogen-bond acceptors (Lipinski definition) is 5. The summed E-state index contributed by atoms with van der Waals surface area (Å²) in [5, 5.41) is 3.59. The zero-order chi connectivity index (χ0) is 16.2. The Kier molecular flexibility index (Phi) is 3.32. The molecule has 1 spiro atoms. The molecule has 4 rings (SSSR count). The van der Waals surface area contributed by atoms with Gasteiger partial charge in [-0.05, 0) is 45.4 Å². The molecule has 1 aromatic rings. The minimum atomic E-state index is -3.77. The molecule has 126 valence electrons. The Labute approximate surface area is 135 Å². The quantitative estimate of drug-likeness (QED) is 0.828. The highest BCUT2D eigenvalue weighted by molar-refractivity contribution is 7.89. The molecule has 7 nitrogen and oxygen atoms in total. The monoisotopic (exact) mass is 339 g/mol. The number of aromatic nitrogens is 1. The summed E-state index contributed by atoms with van der Waals surface area (Å²) in [6.07, 6.45) is 6.11. The number of carbonyl (C=O) groups excluding carboxylic acids is 1. The smallest absolute Gasteiger partial charge is 0.249 e. The highest BCUT2D eigenvalue weighted by atomic mass is 32.2. The summed E-state index contributed by atoms with van der Waals surface area (Å²) in [6.45, 7) is 2.73. The molecule has 0 bridgehead atoms. The van der Waals surface area contributed by atoms with Crippen LogP contribution in [0.4, 0.5) is 0 Å². The summed E-state index contributed by atoms with van der Waals surface area (Å²) in [5.41, 5.74) is -0.899. The molecule has 0 N–H and O–H groups in total. The molecule has 23 heavy (non-hydrogen) atoms. The van der Waals surface area contributed by atoms with Crippen molar-refractivity contribution in [2.24, 2.45) is 0 Å². The second-order valence-electron chi connectivity index (χ2n) is 6.79. The van der Waals surface area contributed by atoms with Crippen molar-refractivity contribution in [3.05, 3.63) is 12.0 Å². The summed E-state index contributed by atoms with van der Waals surface area (Å²) in [7, 11) is -3.77. The van der Waals surface area contributed by atoms with Crippen molar-refractivity contribution in [1.29, 1.82) is 0 Å². The molecule has 1 atom stereocenters. The molecular formula is C15H21N3O4S. The maximum atomic E-state index is 13.1. The Hall–Kier alpha value is -1.41. The SMILES string of the molecule is Cc1oncc1S(=O)(=O)N1CCCC12CCCN(C1CC1)C2=O. The number of rotatable bonds is 3. The summed E-state index contributed by atoms with van der Waals surface area (Å²) in [6, 6.07) is 0.321. The van der Waals surface area contributed by atoms with Crippen molar-refractivity contribution in [2.75, 3.05) is 13.1 Å². The van der Waals surface area contributed by atoms with Gasteiger partial charge >= 0.3 is 0 Å². The Bertz CT molecular complexity index is 740. The van der Waals surface area contributed by atoms with E-state index in [1.165, 1.54) is 10.5 Å². The molecule has 1 amide bonds. The normalized spacial score (nSPS) is 29.6. The lowest BCUT2D eigenvalue weighted by atomic mass is 9.86. The van der Waals surface area contributed by atoms with Gasteiger partial charge in [0.1, 0.15) is 10.4 Å². The predicted octanol–water partition coefficient (Wildman–Crippen LogP) is 1.29. The highest BCUT2D eigenvalue weighted by Gasteiger charge is 2.57. The number of likely N-dealkylation sites (tertiary alicyclic amines) is 1. The average Bonchev–Trinajstić information content (AvgIpc) is 3.10. The van der Waals surface area contributed by atoms with Crippen LogP contribution in [0.3, 0.4) is 0 Å². The molecule has 1 aliphatic carbocycles. The van der Waals surface area contributed by atoms with Gasteiger partial charge in [-0.15, -0.1) is 0 Å². The lowest BCUT2D eigenvalue weighted by molar-refractivity contribution is -0.145. The third kappa shape index (κ3) is 2.15. The number of nitrogens with zero attached hydrogens (tertiary/aromatic N) is 3. The van der Waals surface area contributed by atoms with Gasteiger partial charge in [-0.3, -0.25) is 4.79 Å². The van der Waals surface area contributed by atoms with Crippen LogP contribution in [0, 0.1) is 6.92 Å². The first-order chi connectivity index (χ1) is 11.0. The third-order valence-corrected chi connectivity index (χ3v) is 7.40. The van der Waals surface area contributed by atoms with Crippen molar-refractivity contribution in [3.63, 3.8) is 0 Å². The summed E-state index contributed by atoms with van der Waals surface area (Å²) in [4.78, 5) is 15.1. The molecule has 0 radical (unpaired) electrons. The van der Waals surface area contributed by atoms with Crippen LogP contribution in [-0.2, 0) is 14.8 Å². The molecule has 3 aliphatic rings. The minimum Gasteiger partial charge on any atom is -0.360 e. The van der Waals surface area contributed by atoms with Crippen LogP contribution in [0.25, 0.3) is 0 Å². The second kappa shape index (κ2) is 5.04. The topological polar surface area (TPSA) is 83.7 Å². The number of amides is 1. The standard InChI is InChI=1S/C15H21N3O4S/c1-11-13(10-16-22-11)23(20,21)18-9-3-7-15(18)6-2-8-17(14(15)19)12-4-5-12/h10,12H,2-9H2,1H3. The van der Waals surface area contributed by atoms with Crippen LogP contribution in [0.5, 0.6) is 0 Å². The van der Waals surface area contributed by atoms with E-state index in [1.807, 2.05) is 4.90 Å². The van der Waals surface area contributed by atoms with Crippen LogP contribution in [0.1, 0.15) is 44.3 Å². The van der Waals surface area contributed by atoms with Crippen molar-refractivity contribution in [3.8, 4) is 0 Å². The minimum absolute atomic E-state index is 0.00133. The maximum Gasteiger partial charge on any atom is 0.249 e.